The van der Waals surface area contributed by atoms with Gasteiger partial charge in [0.15, 0.2) is 0 Å². The molecule has 0 radical (unpaired) electrons. The van der Waals surface area contributed by atoms with Gasteiger partial charge < -0.3 is 15.2 Å². The van der Waals surface area contributed by atoms with Crippen LogP contribution in [0, 0.1) is 5.82 Å². The predicted octanol–water partition coefficient (Wildman–Crippen LogP) is 1.21. The molecule has 5 heteroatoms. The van der Waals surface area contributed by atoms with Gasteiger partial charge in [-0.1, -0.05) is 0 Å². The largest absolute Gasteiger partial charge is 0.460 e. The van der Waals surface area contributed by atoms with Gasteiger partial charge in [-0.2, -0.15) is 0 Å². The van der Waals surface area contributed by atoms with E-state index < -0.39 is 11.8 Å². The Morgan fingerprint density at radius 2 is 2.20 bits per heavy atom. The molecule has 0 saturated heterocycles. The number of carbonyl (C=O) groups excluding carboxylic acids is 1. The van der Waals surface area contributed by atoms with Gasteiger partial charge in [-0.3, -0.25) is 0 Å². The second-order valence-electron chi connectivity index (χ2n) is 2.86. The van der Waals surface area contributed by atoms with Crippen molar-refractivity contribution in [1.29, 1.82) is 0 Å². The molecule has 0 aromatic heterocycles. The topological polar surface area (TPSA) is 61.5 Å². The Morgan fingerprint density at radius 1 is 1.47 bits per heavy atom. The molecular formula is C10H12FNO3. The molecule has 0 fully saturated rings. The maximum Gasteiger partial charge on any atom is 0.340 e. The fourth-order valence-corrected chi connectivity index (χ4v) is 1.00. The monoisotopic (exact) mass is 213 g/mol. The van der Waals surface area contributed by atoms with E-state index in [2.05, 4.69) is 0 Å². The van der Waals surface area contributed by atoms with Crippen LogP contribution in [0.1, 0.15) is 10.4 Å². The van der Waals surface area contributed by atoms with Crippen molar-refractivity contribution in [2.45, 2.75) is 0 Å². The lowest BCUT2D eigenvalue weighted by Gasteiger charge is -2.06. The second-order valence-corrected chi connectivity index (χ2v) is 2.86. The maximum absolute atomic E-state index is 12.8. The van der Waals surface area contributed by atoms with Crippen LogP contribution in [0.25, 0.3) is 0 Å². The first kappa shape index (κ1) is 11.5. The van der Waals surface area contributed by atoms with Crippen molar-refractivity contribution in [3.05, 3.63) is 29.6 Å². The first-order valence-electron chi connectivity index (χ1n) is 4.36. The van der Waals surface area contributed by atoms with Crippen LogP contribution in [0.4, 0.5) is 10.1 Å². The molecule has 4 nitrogen and oxygen atoms in total. The van der Waals surface area contributed by atoms with Crippen LogP contribution in [0.5, 0.6) is 0 Å². The molecule has 0 heterocycles. The summed E-state index contributed by atoms with van der Waals surface area (Å²) in [5.74, 6) is -1.17. The SMILES string of the molecule is COCCOC(=O)c1cc(F)ccc1N. The minimum absolute atomic E-state index is 0.0334. The lowest BCUT2D eigenvalue weighted by molar-refractivity contribution is 0.0389. The highest BCUT2D eigenvalue weighted by molar-refractivity contribution is 5.95. The van der Waals surface area contributed by atoms with Gasteiger partial charge in [0.25, 0.3) is 0 Å². The van der Waals surface area contributed by atoms with E-state index in [-0.39, 0.29) is 17.9 Å². The van der Waals surface area contributed by atoms with Crippen LogP contribution >= 0.6 is 0 Å². The van der Waals surface area contributed by atoms with E-state index in [9.17, 15) is 9.18 Å². The smallest absolute Gasteiger partial charge is 0.340 e. The number of nitrogen functional groups attached to an aromatic ring is 1. The van der Waals surface area contributed by atoms with Gasteiger partial charge >= 0.3 is 5.97 Å². The summed E-state index contributed by atoms with van der Waals surface area (Å²) in [5.41, 5.74) is 5.72. The third kappa shape index (κ3) is 3.21. The van der Waals surface area contributed by atoms with Crippen molar-refractivity contribution in [2.75, 3.05) is 26.1 Å². The zero-order valence-corrected chi connectivity index (χ0v) is 8.33. The molecule has 0 bridgehead atoms. The van der Waals surface area contributed by atoms with E-state index in [1.54, 1.807) is 0 Å². The highest BCUT2D eigenvalue weighted by atomic mass is 19.1. The summed E-state index contributed by atoms with van der Waals surface area (Å²) in [6.07, 6.45) is 0. The Balaban J connectivity index is 2.68. The van der Waals surface area contributed by atoms with Crippen molar-refractivity contribution in [2.24, 2.45) is 0 Å². The van der Waals surface area contributed by atoms with E-state index in [1.807, 2.05) is 0 Å². The van der Waals surface area contributed by atoms with E-state index in [4.69, 9.17) is 15.2 Å². The van der Waals surface area contributed by atoms with E-state index in [0.29, 0.717) is 6.61 Å². The van der Waals surface area contributed by atoms with Crippen LogP contribution in [0.2, 0.25) is 0 Å². The van der Waals surface area contributed by atoms with Crippen molar-refractivity contribution in [3.63, 3.8) is 0 Å². The highest BCUT2D eigenvalue weighted by Gasteiger charge is 2.11. The van der Waals surface area contributed by atoms with Crippen molar-refractivity contribution < 1.29 is 18.7 Å². The van der Waals surface area contributed by atoms with Gasteiger partial charge in [0.2, 0.25) is 0 Å². The standard InChI is InChI=1S/C10H12FNO3/c1-14-4-5-15-10(13)8-6-7(11)2-3-9(8)12/h2-3,6H,4-5,12H2,1H3. The molecule has 0 aliphatic rings. The van der Waals surface area contributed by atoms with E-state index in [0.717, 1.165) is 6.07 Å². The Kier molecular flexibility index (Phi) is 4.05. The summed E-state index contributed by atoms with van der Waals surface area (Å²) < 4.78 is 22.3. The molecule has 1 aromatic rings. The van der Waals surface area contributed by atoms with Crippen molar-refractivity contribution in [3.8, 4) is 0 Å². The average Bonchev–Trinajstić information content (AvgIpc) is 2.22. The fourth-order valence-electron chi connectivity index (χ4n) is 1.00. The minimum atomic E-state index is -0.649. The number of hydrogen-bond donors (Lipinski definition) is 1. The number of esters is 1. The molecule has 0 saturated carbocycles. The molecular weight excluding hydrogens is 201 g/mol. The first-order chi connectivity index (χ1) is 7.15. The Labute approximate surface area is 86.8 Å². The minimum Gasteiger partial charge on any atom is -0.460 e. The summed E-state index contributed by atoms with van der Waals surface area (Å²) in [6, 6.07) is 3.55. The van der Waals surface area contributed by atoms with Crippen LogP contribution in [-0.2, 0) is 9.47 Å². The van der Waals surface area contributed by atoms with Crippen LogP contribution in [-0.4, -0.2) is 26.3 Å². The first-order valence-corrected chi connectivity index (χ1v) is 4.36. The Bertz CT molecular complexity index is 355. The van der Waals surface area contributed by atoms with E-state index >= 15 is 0 Å². The Morgan fingerprint density at radius 3 is 2.87 bits per heavy atom. The van der Waals surface area contributed by atoms with Gasteiger partial charge in [0.05, 0.1) is 12.2 Å². The number of carbonyl (C=O) groups is 1. The molecule has 2 N–H and O–H groups in total. The number of rotatable bonds is 4. The third-order valence-electron chi connectivity index (χ3n) is 1.76. The maximum atomic E-state index is 12.8. The van der Waals surface area contributed by atoms with Gasteiger partial charge in [-0.15, -0.1) is 0 Å². The summed E-state index contributed by atoms with van der Waals surface area (Å²) in [6.45, 7) is 0.409. The third-order valence-corrected chi connectivity index (χ3v) is 1.76. The van der Waals surface area contributed by atoms with Gasteiger partial charge in [0, 0.05) is 12.8 Å². The number of halogens is 1. The molecule has 15 heavy (non-hydrogen) atoms. The molecule has 1 aromatic carbocycles. The molecule has 1 rings (SSSR count). The lowest BCUT2D eigenvalue weighted by atomic mass is 10.2. The van der Waals surface area contributed by atoms with Crippen molar-refractivity contribution >= 4 is 11.7 Å². The lowest BCUT2D eigenvalue weighted by Crippen LogP contribution is -2.12. The number of benzene rings is 1. The molecule has 0 amide bonds. The Hall–Kier alpha value is -1.62. The second kappa shape index (κ2) is 5.31. The summed E-state index contributed by atoms with van der Waals surface area (Å²) in [7, 11) is 1.49. The van der Waals surface area contributed by atoms with Gasteiger partial charge in [-0.25, -0.2) is 9.18 Å². The van der Waals surface area contributed by atoms with Crippen molar-refractivity contribution in [1.82, 2.24) is 0 Å². The van der Waals surface area contributed by atoms with Crippen LogP contribution in [0.3, 0.4) is 0 Å². The van der Waals surface area contributed by atoms with Gasteiger partial charge in [0.1, 0.15) is 12.4 Å². The highest BCUT2D eigenvalue weighted by Crippen LogP contribution is 2.14. The van der Waals surface area contributed by atoms with Crippen LogP contribution in [0.15, 0.2) is 18.2 Å². The number of ether oxygens (including phenoxy) is 2. The number of nitrogens with two attached hydrogens (primary N) is 1. The molecule has 0 spiro atoms. The normalized spacial score (nSPS) is 10.0. The summed E-state index contributed by atoms with van der Waals surface area (Å²) >= 11 is 0. The fraction of sp³-hybridized carbons (Fsp3) is 0.300. The quantitative estimate of drug-likeness (QED) is 0.464. The molecule has 0 aliphatic carbocycles. The zero-order chi connectivity index (χ0) is 11.3. The number of hydrogen-bond acceptors (Lipinski definition) is 4. The predicted molar refractivity (Wildman–Crippen MR) is 53.0 cm³/mol. The number of methoxy groups -OCH3 is 1. The van der Waals surface area contributed by atoms with Gasteiger partial charge in [-0.05, 0) is 18.2 Å². The molecule has 0 unspecified atom stereocenters. The molecule has 0 atom stereocenters. The van der Waals surface area contributed by atoms with E-state index in [1.165, 1.54) is 19.2 Å². The molecule has 0 aliphatic heterocycles. The summed E-state index contributed by atoms with van der Waals surface area (Å²) in [5, 5.41) is 0. The zero-order valence-electron chi connectivity index (χ0n) is 8.33. The summed E-state index contributed by atoms with van der Waals surface area (Å²) in [4.78, 5) is 11.4. The molecule has 82 valence electrons. The van der Waals surface area contributed by atoms with Crippen LogP contribution < -0.4 is 5.73 Å². The number of anilines is 1. The average molecular weight is 213 g/mol.